The SMILES string of the molecule is CCC1CC(Nc2c(C)c(C(N)=O)cc(-c3cc(F)c4c(c3)CCC4N3CCOCC3)c2Cc2c(C)cc(C)[nH]c2=O)CCO1. The molecule has 6 rings (SSSR count). The standard InChI is InChI=1S/C36H45FN4O4/c1-5-26-17-25(8-11-45-26)40-34-22(4)28(35(38)42)19-29(30(34)18-27-20(2)14-21(3)39-36(27)43)24-15-23-6-7-32(33(23)31(37)16-24)41-9-12-44-13-10-41/h14-16,19,25-26,32,40H,5-13,17-18H2,1-4H3,(H2,38,42)(H,39,43). The minimum Gasteiger partial charge on any atom is -0.382 e. The van der Waals surface area contributed by atoms with Gasteiger partial charge in [-0.25, -0.2) is 4.39 Å². The minimum absolute atomic E-state index is 0.0302. The Kier molecular flexibility index (Phi) is 9.13. The number of amides is 1. The van der Waals surface area contributed by atoms with Crippen LogP contribution < -0.4 is 16.6 Å². The molecule has 9 heteroatoms. The highest BCUT2D eigenvalue weighted by molar-refractivity contribution is 5.99. The highest BCUT2D eigenvalue weighted by Crippen LogP contribution is 2.43. The maximum atomic E-state index is 16.2. The van der Waals surface area contributed by atoms with Gasteiger partial charge in [0.15, 0.2) is 0 Å². The maximum Gasteiger partial charge on any atom is 0.251 e. The molecule has 3 aliphatic rings. The molecule has 1 aliphatic carbocycles. The van der Waals surface area contributed by atoms with E-state index in [1.807, 2.05) is 26.8 Å². The van der Waals surface area contributed by atoms with Crippen LogP contribution in [0.25, 0.3) is 11.1 Å². The van der Waals surface area contributed by atoms with Gasteiger partial charge in [-0.2, -0.15) is 0 Å². The Hall–Kier alpha value is -3.53. The first-order valence-corrected chi connectivity index (χ1v) is 16.3. The molecule has 1 amide bonds. The van der Waals surface area contributed by atoms with Crippen molar-refractivity contribution in [1.29, 1.82) is 0 Å². The number of hydrogen-bond donors (Lipinski definition) is 3. The Morgan fingerprint density at radius 1 is 1.09 bits per heavy atom. The Morgan fingerprint density at radius 2 is 1.87 bits per heavy atom. The van der Waals surface area contributed by atoms with Crippen molar-refractivity contribution in [3.05, 3.63) is 85.1 Å². The lowest BCUT2D eigenvalue weighted by Crippen LogP contribution is -2.38. The van der Waals surface area contributed by atoms with Gasteiger partial charge in [-0.1, -0.05) is 13.0 Å². The third-order valence-corrected chi connectivity index (χ3v) is 10.0. The number of aromatic nitrogens is 1. The molecule has 3 unspecified atom stereocenters. The first-order chi connectivity index (χ1) is 21.6. The van der Waals surface area contributed by atoms with Gasteiger partial charge in [0.05, 0.1) is 19.3 Å². The van der Waals surface area contributed by atoms with E-state index < -0.39 is 5.91 Å². The zero-order chi connectivity index (χ0) is 31.8. The summed E-state index contributed by atoms with van der Waals surface area (Å²) in [5, 5.41) is 3.76. The number of primary amides is 1. The summed E-state index contributed by atoms with van der Waals surface area (Å²) < 4.78 is 27.7. The number of nitrogens with two attached hydrogens (primary N) is 1. The second kappa shape index (κ2) is 13.1. The fourth-order valence-corrected chi connectivity index (χ4v) is 7.61. The Labute approximate surface area is 264 Å². The van der Waals surface area contributed by atoms with E-state index in [9.17, 15) is 9.59 Å². The molecule has 3 atom stereocenters. The number of pyridine rings is 1. The number of aryl methyl sites for hydroxylation is 3. The van der Waals surface area contributed by atoms with E-state index in [2.05, 4.69) is 28.2 Å². The summed E-state index contributed by atoms with van der Waals surface area (Å²) >= 11 is 0. The summed E-state index contributed by atoms with van der Waals surface area (Å²) in [6.07, 6.45) is 4.64. The summed E-state index contributed by atoms with van der Waals surface area (Å²) in [5.41, 5.74) is 14.1. The molecule has 3 heterocycles. The normalized spacial score (nSPS) is 21.9. The van der Waals surface area contributed by atoms with E-state index in [4.69, 9.17) is 15.2 Å². The number of H-pyrrole nitrogens is 1. The number of benzene rings is 2. The number of nitrogens with zero attached hydrogens (tertiary/aromatic N) is 1. The number of ether oxygens (including phenoxy) is 2. The van der Waals surface area contributed by atoms with Gasteiger partial charge < -0.3 is 25.5 Å². The number of fused-ring (bicyclic) bond motifs is 1. The average Bonchev–Trinajstić information content (AvgIpc) is 3.45. The van der Waals surface area contributed by atoms with Crippen molar-refractivity contribution in [1.82, 2.24) is 9.88 Å². The predicted molar refractivity (Wildman–Crippen MR) is 175 cm³/mol. The number of halogens is 1. The molecule has 2 saturated heterocycles. The van der Waals surface area contributed by atoms with Crippen LogP contribution in [0.1, 0.15) is 88.1 Å². The van der Waals surface area contributed by atoms with Gasteiger partial charge in [-0.15, -0.1) is 0 Å². The van der Waals surface area contributed by atoms with Gasteiger partial charge in [-0.3, -0.25) is 14.5 Å². The fraction of sp³-hybridized carbons (Fsp3) is 0.500. The maximum absolute atomic E-state index is 16.2. The van der Waals surface area contributed by atoms with E-state index in [0.717, 1.165) is 84.4 Å². The second-order valence-electron chi connectivity index (χ2n) is 12.9. The van der Waals surface area contributed by atoms with E-state index in [0.29, 0.717) is 48.5 Å². The molecule has 4 N–H and O–H groups in total. The molecule has 8 nitrogen and oxygen atoms in total. The molecule has 0 bridgehead atoms. The topological polar surface area (TPSA) is 110 Å². The Balaban J connectivity index is 1.51. The number of nitrogens with one attached hydrogen (secondary N) is 2. The van der Waals surface area contributed by atoms with E-state index >= 15 is 4.39 Å². The smallest absolute Gasteiger partial charge is 0.251 e. The molecule has 0 spiro atoms. The molecule has 2 aromatic carbocycles. The van der Waals surface area contributed by atoms with Crippen LogP contribution in [0.2, 0.25) is 0 Å². The molecule has 1 aromatic heterocycles. The number of carbonyl (C=O) groups excluding carboxylic acids is 1. The van der Waals surface area contributed by atoms with Gasteiger partial charge >= 0.3 is 0 Å². The molecule has 2 fully saturated rings. The first kappa shape index (κ1) is 31.5. The van der Waals surface area contributed by atoms with Gasteiger partial charge in [0.25, 0.3) is 5.56 Å². The Bertz CT molecular complexity index is 1660. The van der Waals surface area contributed by atoms with Gasteiger partial charge in [-0.05, 0) is 104 Å². The first-order valence-electron chi connectivity index (χ1n) is 16.3. The van der Waals surface area contributed by atoms with E-state index in [1.54, 1.807) is 12.1 Å². The average molecular weight is 617 g/mol. The lowest BCUT2D eigenvalue weighted by atomic mass is 9.86. The minimum atomic E-state index is -0.542. The number of rotatable bonds is 8. The van der Waals surface area contributed by atoms with Crippen LogP contribution in [0.15, 0.2) is 29.1 Å². The number of carbonyl (C=O) groups is 1. The number of morpholine rings is 1. The van der Waals surface area contributed by atoms with Crippen molar-refractivity contribution in [2.45, 2.75) is 84.4 Å². The summed E-state index contributed by atoms with van der Waals surface area (Å²) in [6, 6.07) is 7.59. The summed E-state index contributed by atoms with van der Waals surface area (Å²) in [6.45, 7) is 11.4. The monoisotopic (exact) mass is 616 g/mol. The lowest BCUT2D eigenvalue weighted by Gasteiger charge is -2.33. The van der Waals surface area contributed by atoms with Gasteiger partial charge in [0.2, 0.25) is 5.91 Å². The molecule has 3 aromatic rings. The number of anilines is 1. The van der Waals surface area contributed by atoms with E-state index in [-0.39, 0.29) is 29.6 Å². The summed E-state index contributed by atoms with van der Waals surface area (Å²) in [4.78, 5) is 31.5. The van der Waals surface area contributed by atoms with Crippen LogP contribution in [-0.2, 0) is 22.3 Å². The van der Waals surface area contributed by atoms with Crippen LogP contribution in [0.3, 0.4) is 0 Å². The number of aromatic amines is 1. The molecular formula is C36H45FN4O4. The van der Waals surface area contributed by atoms with Crippen molar-refractivity contribution in [3.63, 3.8) is 0 Å². The zero-order valence-corrected chi connectivity index (χ0v) is 26.9. The number of hydrogen-bond acceptors (Lipinski definition) is 6. The van der Waals surface area contributed by atoms with Crippen LogP contribution in [0.4, 0.5) is 10.1 Å². The summed E-state index contributed by atoms with van der Waals surface area (Å²) in [7, 11) is 0. The van der Waals surface area contributed by atoms with Crippen LogP contribution in [0.5, 0.6) is 0 Å². The summed E-state index contributed by atoms with van der Waals surface area (Å²) in [5.74, 6) is -0.780. The van der Waals surface area contributed by atoms with Crippen LogP contribution in [0, 0.1) is 26.6 Å². The van der Waals surface area contributed by atoms with Crippen LogP contribution >= 0.6 is 0 Å². The fourth-order valence-electron chi connectivity index (χ4n) is 7.61. The molecule has 45 heavy (non-hydrogen) atoms. The van der Waals surface area contributed by atoms with Crippen molar-refractivity contribution < 1.29 is 18.7 Å². The van der Waals surface area contributed by atoms with Gasteiger partial charge in [0.1, 0.15) is 5.82 Å². The molecule has 2 aliphatic heterocycles. The highest BCUT2D eigenvalue weighted by Gasteiger charge is 2.33. The Morgan fingerprint density at radius 3 is 2.58 bits per heavy atom. The molecule has 0 saturated carbocycles. The van der Waals surface area contributed by atoms with Crippen LogP contribution in [-0.4, -0.2) is 60.8 Å². The van der Waals surface area contributed by atoms with Gasteiger partial charge in [0, 0.05) is 66.3 Å². The molecular weight excluding hydrogens is 571 g/mol. The largest absolute Gasteiger partial charge is 0.382 e. The van der Waals surface area contributed by atoms with E-state index in [1.165, 1.54) is 0 Å². The van der Waals surface area contributed by atoms with Crippen molar-refractivity contribution in [3.8, 4) is 11.1 Å². The van der Waals surface area contributed by atoms with Crippen molar-refractivity contribution >= 4 is 11.6 Å². The van der Waals surface area contributed by atoms with Crippen molar-refractivity contribution in [2.24, 2.45) is 5.73 Å². The third kappa shape index (κ3) is 6.30. The predicted octanol–water partition coefficient (Wildman–Crippen LogP) is 5.48. The zero-order valence-electron chi connectivity index (χ0n) is 26.9. The lowest BCUT2D eigenvalue weighted by molar-refractivity contribution is 0.00923. The quantitative estimate of drug-likeness (QED) is 0.309. The second-order valence-corrected chi connectivity index (χ2v) is 12.9. The highest BCUT2D eigenvalue weighted by atomic mass is 19.1. The molecule has 240 valence electrons. The third-order valence-electron chi connectivity index (χ3n) is 10.0. The molecule has 0 radical (unpaired) electrons. The van der Waals surface area contributed by atoms with Crippen molar-refractivity contribution in [2.75, 3.05) is 38.2 Å².